The first-order chi connectivity index (χ1) is 15.5. The van der Waals surface area contributed by atoms with Crippen molar-refractivity contribution in [2.75, 3.05) is 19.6 Å². The Morgan fingerprint density at radius 1 is 0.818 bits per heavy atom. The maximum absolute atomic E-state index is 12.5. The molecule has 0 unspecified atom stereocenters. The largest absolute Gasteiger partial charge is 0.444 e. The molecule has 0 aromatic rings. The molecule has 0 bridgehead atoms. The Morgan fingerprint density at radius 3 is 2.00 bits per heavy atom. The summed E-state index contributed by atoms with van der Waals surface area (Å²) in [6, 6.07) is -0.580. The van der Waals surface area contributed by atoms with Crippen molar-refractivity contribution in [3.63, 3.8) is 0 Å². The molecule has 0 aromatic heterocycles. The minimum Gasteiger partial charge on any atom is -0.444 e. The summed E-state index contributed by atoms with van der Waals surface area (Å²) in [6.45, 7) is 6.94. The Kier molecular flexibility index (Phi) is 16.8. The summed E-state index contributed by atoms with van der Waals surface area (Å²) in [7, 11) is 0. The van der Waals surface area contributed by atoms with Crippen LogP contribution in [0.15, 0.2) is 0 Å². The maximum Gasteiger partial charge on any atom is 0.407 e. The maximum atomic E-state index is 12.5. The van der Waals surface area contributed by atoms with Crippen LogP contribution in [-0.2, 0) is 19.1 Å². The molecule has 0 aliphatic rings. The number of rotatable bonds is 18. The van der Waals surface area contributed by atoms with Crippen LogP contribution in [0, 0.1) is 0 Å². The lowest BCUT2D eigenvalue weighted by Gasteiger charge is -2.19. The number of carbonyl (C=O) groups is 4. The smallest absolute Gasteiger partial charge is 0.407 e. The van der Waals surface area contributed by atoms with E-state index in [-0.39, 0.29) is 17.7 Å². The zero-order valence-electron chi connectivity index (χ0n) is 20.7. The number of nitrogens with one attached hydrogen (secondary N) is 3. The van der Waals surface area contributed by atoms with Gasteiger partial charge in [-0.1, -0.05) is 12.8 Å². The molecule has 0 fully saturated rings. The number of hydrogen-bond donors (Lipinski definition) is 5. The zero-order chi connectivity index (χ0) is 25.1. The van der Waals surface area contributed by atoms with Gasteiger partial charge in [-0.2, -0.15) is 0 Å². The van der Waals surface area contributed by atoms with Gasteiger partial charge in [0.2, 0.25) is 17.7 Å². The Morgan fingerprint density at radius 2 is 1.42 bits per heavy atom. The van der Waals surface area contributed by atoms with Gasteiger partial charge in [0, 0.05) is 25.9 Å². The highest BCUT2D eigenvalue weighted by Crippen LogP contribution is 2.07. The average Bonchev–Trinajstić information content (AvgIpc) is 2.70. The quantitative estimate of drug-likeness (QED) is 0.191. The molecule has 33 heavy (non-hydrogen) atoms. The van der Waals surface area contributed by atoms with Crippen LogP contribution in [0.5, 0.6) is 0 Å². The van der Waals surface area contributed by atoms with Crippen LogP contribution in [0.3, 0.4) is 0 Å². The number of amides is 4. The topological polar surface area (TPSA) is 166 Å². The fraction of sp³-hybridized carbons (Fsp3) is 0.826. The van der Waals surface area contributed by atoms with Gasteiger partial charge in [0.1, 0.15) is 11.6 Å². The van der Waals surface area contributed by atoms with Gasteiger partial charge >= 0.3 is 6.09 Å². The van der Waals surface area contributed by atoms with E-state index in [2.05, 4.69) is 16.0 Å². The number of unbranched alkanes of at least 4 members (excludes halogenated alkanes) is 5. The zero-order valence-corrected chi connectivity index (χ0v) is 20.7. The SMILES string of the molecule is CC(C)(C)OC(=O)NCCCCCC(=O)N[C@@H](CCCCN)C(=O)NCCCCCC(N)=O. The predicted molar refractivity (Wildman–Crippen MR) is 128 cm³/mol. The molecule has 0 heterocycles. The van der Waals surface area contributed by atoms with E-state index in [4.69, 9.17) is 16.2 Å². The summed E-state index contributed by atoms with van der Waals surface area (Å²) in [6.07, 6.45) is 6.74. The number of alkyl carbamates (subject to hydrolysis) is 1. The third kappa shape index (κ3) is 20.0. The summed E-state index contributed by atoms with van der Waals surface area (Å²) in [5.74, 6) is -0.678. The van der Waals surface area contributed by atoms with Crippen molar-refractivity contribution in [1.82, 2.24) is 16.0 Å². The lowest BCUT2D eigenvalue weighted by atomic mass is 10.1. The highest BCUT2D eigenvalue weighted by molar-refractivity contribution is 5.87. The normalized spacial score (nSPS) is 12.0. The highest BCUT2D eigenvalue weighted by atomic mass is 16.6. The molecule has 0 aliphatic carbocycles. The summed E-state index contributed by atoms with van der Waals surface area (Å²) < 4.78 is 5.17. The minimum absolute atomic E-state index is 0.163. The molecular weight excluding hydrogens is 426 g/mol. The number of hydrogen-bond acceptors (Lipinski definition) is 6. The Labute approximate surface area is 198 Å². The number of ether oxygens (including phenoxy) is 1. The van der Waals surface area contributed by atoms with Gasteiger partial charge in [0.05, 0.1) is 0 Å². The molecule has 0 saturated carbocycles. The van der Waals surface area contributed by atoms with Crippen LogP contribution in [0.2, 0.25) is 0 Å². The summed E-state index contributed by atoms with van der Waals surface area (Å²) in [5, 5.41) is 8.39. The van der Waals surface area contributed by atoms with Crippen LogP contribution in [0.4, 0.5) is 4.79 Å². The fourth-order valence-corrected chi connectivity index (χ4v) is 3.06. The standard InChI is InChI=1S/C23H45N5O5/c1-23(2,3)33-22(32)27-17-11-5-7-14-20(30)28-18(12-8-9-15-24)21(31)26-16-10-4-6-13-19(25)29/h18H,4-17,24H2,1-3H3,(H2,25,29)(H,26,31)(H,27,32)(H,28,30)/t18-/m0/s1. The van der Waals surface area contributed by atoms with Crippen molar-refractivity contribution in [3.05, 3.63) is 0 Å². The lowest BCUT2D eigenvalue weighted by molar-refractivity contribution is -0.129. The van der Waals surface area contributed by atoms with Crippen LogP contribution in [0.25, 0.3) is 0 Å². The van der Waals surface area contributed by atoms with Gasteiger partial charge in [0.15, 0.2) is 0 Å². The first kappa shape index (κ1) is 30.6. The van der Waals surface area contributed by atoms with Gasteiger partial charge in [0.25, 0.3) is 0 Å². The highest BCUT2D eigenvalue weighted by Gasteiger charge is 2.20. The number of nitrogens with two attached hydrogens (primary N) is 2. The van der Waals surface area contributed by atoms with E-state index in [1.165, 1.54) is 0 Å². The third-order valence-corrected chi connectivity index (χ3v) is 4.75. The van der Waals surface area contributed by atoms with Crippen molar-refractivity contribution < 1.29 is 23.9 Å². The van der Waals surface area contributed by atoms with E-state index in [0.29, 0.717) is 51.7 Å². The van der Waals surface area contributed by atoms with Crippen molar-refractivity contribution in [2.24, 2.45) is 11.5 Å². The van der Waals surface area contributed by atoms with Crippen LogP contribution in [0.1, 0.15) is 91.4 Å². The fourth-order valence-electron chi connectivity index (χ4n) is 3.06. The molecule has 4 amide bonds. The van der Waals surface area contributed by atoms with Crippen molar-refractivity contribution in [3.8, 4) is 0 Å². The van der Waals surface area contributed by atoms with E-state index in [0.717, 1.165) is 38.5 Å². The first-order valence-corrected chi connectivity index (χ1v) is 12.1. The molecular formula is C23H45N5O5. The molecule has 0 aromatic carbocycles. The summed E-state index contributed by atoms with van der Waals surface area (Å²) >= 11 is 0. The first-order valence-electron chi connectivity index (χ1n) is 12.1. The van der Waals surface area contributed by atoms with E-state index in [1.807, 2.05) is 0 Å². The molecule has 7 N–H and O–H groups in total. The minimum atomic E-state index is -0.580. The summed E-state index contributed by atoms with van der Waals surface area (Å²) in [4.78, 5) is 47.1. The molecule has 10 heteroatoms. The molecule has 192 valence electrons. The lowest BCUT2D eigenvalue weighted by Crippen LogP contribution is -2.47. The Hall–Kier alpha value is -2.36. The molecule has 0 radical (unpaired) electrons. The number of primary amides is 1. The molecule has 0 spiro atoms. The number of carbonyl (C=O) groups excluding carboxylic acids is 4. The monoisotopic (exact) mass is 471 g/mol. The second-order valence-electron chi connectivity index (χ2n) is 9.21. The van der Waals surface area contributed by atoms with Crippen LogP contribution < -0.4 is 27.4 Å². The molecule has 0 aliphatic heterocycles. The average molecular weight is 472 g/mol. The van der Waals surface area contributed by atoms with Gasteiger partial charge < -0.3 is 32.2 Å². The van der Waals surface area contributed by atoms with E-state index in [9.17, 15) is 19.2 Å². The predicted octanol–water partition coefficient (Wildman–Crippen LogP) is 1.85. The van der Waals surface area contributed by atoms with Gasteiger partial charge in [-0.3, -0.25) is 14.4 Å². The second-order valence-corrected chi connectivity index (χ2v) is 9.21. The van der Waals surface area contributed by atoms with E-state index in [1.54, 1.807) is 20.8 Å². The summed E-state index contributed by atoms with van der Waals surface area (Å²) in [5.41, 5.74) is 10.1. The van der Waals surface area contributed by atoms with Crippen LogP contribution >= 0.6 is 0 Å². The third-order valence-electron chi connectivity index (χ3n) is 4.75. The molecule has 1 atom stereocenters. The Bertz CT molecular complexity index is 592. The van der Waals surface area contributed by atoms with Gasteiger partial charge in [-0.05, 0) is 72.3 Å². The van der Waals surface area contributed by atoms with Crippen LogP contribution in [-0.4, -0.2) is 55.1 Å². The molecule has 0 rings (SSSR count). The van der Waals surface area contributed by atoms with E-state index >= 15 is 0 Å². The van der Waals surface area contributed by atoms with Gasteiger partial charge in [-0.15, -0.1) is 0 Å². The van der Waals surface area contributed by atoms with Crippen molar-refractivity contribution in [2.45, 2.75) is 103 Å². The van der Waals surface area contributed by atoms with Crippen molar-refractivity contribution in [1.29, 1.82) is 0 Å². The molecule has 0 saturated heterocycles. The van der Waals surface area contributed by atoms with Gasteiger partial charge in [-0.25, -0.2) is 4.79 Å². The Balaban J connectivity index is 4.17. The van der Waals surface area contributed by atoms with Crippen molar-refractivity contribution >= 4 is 23.8 Å². The second kappa shape index (κ2) is 18.1. The van der Waals surface area contributed by atoms with E-state index < -0.39 is 17.7 Å². The molecule has 10 nitrogen and oxygen atoms in total.